The molecule has 0 aliphatic rings. The predicted molar refractivity (Wildman–Crippen MR) is 78.0 cm³/mol. The summed E-state index contributed by atoms with van der Waals surface area (Å²) in [7, 11) is 1.38. The number of hydrogen-bond acceptors (Lipinski definition) is 4. The molecule has 0 amide bonds. The Kier molecular flexibility index (Phi) is 4.13. The zero-order valence-corrected chi connectivity index (χ0v) is 12.2. The molecule has 1 aromatic heterocycles. The molecule has 4 nitrogen and oxygen atoms in total. The lowest BCUT2D eigenvalue weighted by Crippen LogP contribution is -2.08. The van der Waals surface area contributed by atoms with Gasteiger partial charge >= 0.3 is 5.97 Å². The third-order valence-electron chi connectivity index (χ3n) is 3.22. The van der Waals surface area contributed by atoms with Crippen LogP contribution in [0.1, 0.15) is 40.4 Å². The number of benzene rings is 1. The van der Waals surface area contributed by atoms with Crippen molar-refractivity contribution in [3.05, 3.63) is 53.0 Å². The number of furan rings is 1. The quantitative estimate of drug-likeness (QED) is 0.859. The summed E-state index contributed by atoms with van der Waals surface area (Å²) in [5.41, 5.74) is 2.49. The second kappa shape index (κ2) is 5.82. The summed E-state index contributed by atoms with van der Waals surface area (Å²) in [6, 6.07) is 9.36. The van der Waals surface area contributed by atoms with Crippen LogP contribution in [0, 0.1) is 13.8 Å². The van der Waals surface area contributed by atoms with E-state index in [2.05, 4.69) is 5.32 Å². The molecule has 0 saturated heterocycles. The molecule has 1 atom stereocenters. The number of esters is 1. The van der Waals surface area contributed by atoms with Crippen molar-refractivity contribution < 1.29 is 13.9 Å². The van der Waals surface area contributed by atoms with E-state index < -0.39 is 0 Å². The van der Waals surface area contributed by atoms with Crippen molar-refractivity contribution in [2.24, 2.45) is 0 Å². The molecule has 0 spiro atoms. The Morgan fingerprint density at radius 1 is 1.25 bits per heavy atom. The fourth-order valence-electron chi connectivity index (χ4n) is 2.01. The molecular weight excluding hydrogens is 254 g/mol. The second-order valence-corrected chi connectivity index (χ2v) is 4.84. The molecule has 20 heavy (non-hydrogen) atoms. The third kappa shape index (κ3) is 3.02. The summed E-state index contributed by atoms with van der Waals surface area (Å²) in [6.45, 7) is 5.92. The highest BCUT2D eigenvalue weighted by atomic mass is 16.5. The standard InChI is InChI=1S/C16H19NO3/c1-10-5-7-13(16(18)19-4)9-14(10)17-12(3)15-8-6-11(2)20-15/h5-9,12,17H,1-4H3. The average Bonchev–Trinajstić information content (AvgIpc) is 2.87. The molecule has 1 heterocycles. The molecule has 1 unspecified atom stereocenters. The van der Waals surface area contributed by atoms with Crippen LogP contribution in [0.4, 0.5) is 5.69 Å². The van der Waals surface area contributed by atoms with E-state index in [1.165, 1.54) is 7.11 Å². The molecule has 2 rings (SSSR count). The maximum atomic E-state index is 11.6. The van der Waals surface area contributed by atoms with E-state index >= 15 is 0 Å². The van der Waals surface area contributed by atoms with E-state index in [1.807, 2.05) is 39.0 Å². The van der Waals surface area contributed by atoms with Crippen LogP contribution in [0.15, 0.2) is 34.7 Å². The minimum Gasteiger partial charge on any atom is -0.465 e. The molecule has 0 radical (unpaired) electrons. The summed E-state index contributed by atoms with van der Waals surface area (Å²) >= 11 is 0. The maximum Gasteiger partial charge on any atom is 0.337 e. The first-order valence-corrected chi connectivity index (χ1v) is 6.53. The third-order valence-corrected chi connectivity index (χ3v) is 3.22. The number of methoxy groups -OCH3 is 1. The summed E-state index contributed by atoms with van der Waals surface area (Å²) in [5.74, 6) is 1.41. The summed E-state index contributed by atoms with van der Waals surface area (Å²) in [5, 5.41) is 3.36. The van der Waals surface area contributed by atoms with Crippen molar-refractivity contribution in [2.75, 3.05) is 12.4 Å². The SMILES string of the molecule is COC(=O)c1ccc(C)c(NC(C)c2ccc(C)o2)c1. The molecule has 4 heteroatoms. The second-order valence-electron chi connectivity index (χ2n) is 4.84. The molecule has 0 aliphatic carbocycles. The molecule has 106 valence electrons. The Labute approximate surface area is 118 Å². The molecular formula is C16H19NO3. The Bertz CT molecular complexity index is 616. The average molecular weight is 273 g/mol. The first-order chi connectivity index (χ1) is 9.51. The van der Waals surface area contributed by atoms with Gasteiger partial charge in [-0.2, -0.15) is 0 Å². The predicted octanol–water partition coefficient (Wildman–Crippen LogP) is 3.86. The smallest absolute Gasteiger partial charge is 0.337 e. The van der Waals surface area contributed by atoms with E-state index in [-0.39, 0.29) is 12.0 Å². The minimum absolute atomic E-state index is 0.0234. The first-order valence-electron chi connectivity index (χ1n) is 6.53. The van der Waals surface area contributed by atoms with Gasteiger partial charge in [0, 0.05) is 5.69 Å². The Balaban J connectivity index is 2.22. The van der Waals surface area contributed by atoms with E-state index in [4.69, 9.17) is 9.15 Å². The normalized spacial score (nSPS) is 12.0. The maximum absolute atomic E-state index is 11.6. The van der Waals surface area contributed by atoms with Gasteiger partial charge in [-0.05, 0) is 50.6 Å². The topological polar surface area (TPSA) is 51.5 Å². The number of nitrogens with one attached hydrogen (secondary N) is 1. The van der Waals surface area contributed by atoms with Gasteiger partial charge in [-0.25, -0.2) is 4.79 Å². The highest BCUT2D eigenvalue weighted by Crippen LogP contribution is 2.24. The van der Waals surface area contributed by atoms with Crippen LogP contribution < -0.4 is 5.32 Å². The van der Waals surface area contributed by atoms with Gasteiger partial charge in [0.25, 0.3) is 0 Å². The number of aryl methyl sites for hydroxylation is 2. The lowest BCUT2D eigenvalue weighted by atomic mass is 10.1. The van der Waals surface area contributed by atoms with Gasteiger partial charge in [0.15, 0.2) is 0 Å². The monoisotopic (exact) mass is 273 g/mol. The van der Waals surface area contributed by atoms with Crippen LogP contribution in [0.5, 0.6) is 0 Å². The first kappa shape index (κ1) is 14.2. The largest absolute Gasteiger partial charge is 0.465 e. The van der Waals surface area contributed by atoms with Crippen molar-refractivity contribution in [2.45, 2.75) is 26.8 Å². The van der Waals surface area contributed by atoms with E-state index in [9.17, 15) is 4.79 Å². The summed E-state index contributed by atoms with van der Waals surface area (Å²) in [6.07, 6.45) is 0. The van der Waals surface area contributed by atoms with Gasteiger partial charge in [0.2, 0.25) is 0 Å². The molecule has 0 bridgehead atoms. The molecule has 0 aliphatic heterocycles. The van der Waals surface area contributed by atoms with Crippen LogP contribution in [0.25, 0.3) is 0 Å². The number of carbonyl (C=O) groups is 1. The highest BCUT2D eigenvalue weighted by molar-refractivity contribution is 5.90. The van der Waals surface area contributed by atoms with Crippen molar-refractivity contribution in [1.29, 1.82) is 0 Å². The lowest BCUT2D eigenvalue weighted by Gasteiger charge is -2.16. The fourth-order valence-corrected chi connectivity index (χ4v) is 2.01. The van der Waals surface area contributed by atoms with Crippen LogP contribution in [0.3, 0.4) is 0 Å². The molecule has 1 aromatic carbocycles. The van der Waals surface area contributed by atoms with Gasteiger partial charge in [-0.15, -0.1) is 0 Å². The minimum atomic E-state index is -0.338. The van der Waals surface area contributed by atoms with Crippen molar-refractivity contribution in [3.8, 4) is 0 Å². The Morgan fingerprint density at radius 2 is 2.00 bits per heavy atom. The van der Waals surface area contributed by atoms with Crippen LogP contribution in [0.2, 0.25) is 0 Å². The van der Waals surface area contributed by atoms with Crippen LogP contribution in [-0.2, 0) is 4.74 Å². The Morgan fingerprint density at radius 3 is 2.60 bits per heavy atom. The van der Waals surface area contributed by atoms with Gasteiger partial charge in [0.05, 0.1) is 18.7 Å². The van der Waals surface area contributed by atoms with Gasteiger partial charge in [0.1, 0.15) is 11.5 Å². The molecule has 0 fully saturated rings. The number of ether oxygens (including phenoxy) is 1. The molecule has 2 aromatic rings. The van der Waals surface area contributed by atoms with Gasteiger partial charge in [-0.1, -0.05) is 6.07 Å². The molecule has 1 N–H and O–H groups in total. The lowest BCUT2D eigenvalue weighted by molar-refractivity contribution is 0.0601. The zero-order chi connectivity index (χ0) is 14.7. The fraction of sp³-hybridized carbons (Fsp3) is 0.312. The van der Waals surface area contributed by atoms with Crippen molar-refractivity contribution in [3.63, 3.8) is 0 Å². The van der Waals surface area contributed by atoms with E-state index in [0.717, 1.165) is 22.8 Å². The summed E-state index contributed by atoms with van der Waals surface area (Å²) < 4.78 is 10.3. The van der Waals surface area contributed by atoms with Crippen molar-refractivity contribution in [1.82, 2.24) is 0 Å². The Hall–Kier alpha value is -2.23. The van der Waals surface area contributed by atoms with Crippen LogP contribution >= 0.6 is 0 Å². The number of rotatable bonds is 4. The highest BCUT2D eigenvalue weighted by Gasteiger charge is 2.13. The van der Waals surface area contributed by atoms with Gasteiger partial charge < -0.3 is 14.5 Å². The number of anilines is 1. The van der Waals surface area contributed by atoms with E-state index in [0.29, 0.717) is 5.56 Å². The molecule has 0 saturated carbocycles. The van der Waals surface area contributed by atoms with E-state index in [1.54, 1.807) is 12.1 Å². The zero-order valence-electron chi connectivity index (χ0n) is 12.2. The van der Waals surface area contributed by atoms with Crippen molar-refractivity contribution >= 4 is 11.7 Å². The van der Waals surface area contributed by atoms with Crippen LogP contribution in [-0.4, -0.2) is 13.1 Å². The number of carbonyl (C=O) groups excluding carboxylic acids is 1. The number of hydrogen-bond donors (Lipinski definition) is 1. The van der Waals surface area contributed by atoms with Gasteiger partial charge in [-0.3, -0.25) is 0 Å². The summed E-state index contributed by atoms with van der Waals surface area (Å²) in [4.78, 5) is 11.6.